The number of carbonyl (C=O) groups is 1. The largest absolute Gasteiger partial charge is 0.479 e. The van der Waals surface area contributed by atoms with Crippen molar-refractivity contribution < 1.29 is 19.9 Å². The Morgan fingerprint density at radius 3 is 2.59 bits per heavy atom. The number of aliphatic hydroxyl groups excluding tert-OH is 1. The first-order valence-electron chi connectivity index (χ1n) is 4.49. The van der Waals surface area contributed by atoms with Gasteiger partial charge >= 0.3 is 5.97 Å². The van der Waals surface area contributed by atoms with Crippen molar-refractivity contribution in [3.05, 3.63) is 38.9 Å². The number of aliphatic hydroxyl groups is 1. The Labute approximate surface area is 95.7 Å². The average Bonchev–Trinajstić information content (AvgIpc) is 2.26. The minimum Gasteiger partial charge on any atom is -0.479 e. The van der Waals surface area contributed by atoms with E-state index in [1.807, 2.05) is 0 Å². The van der Waals surface area contributed by atoms with Crippen LogP contribution >= 0.6 is 0 Å². The Kier molecular flexibility index (Phi) is 3.40. The first-order valence-corrected chi connectivity index (χ1v) is 4.49. The van der Waals surface area contributed by atoms with Crippen molar-refractivity contribution in [1.29, 1.82) is 5.26 Å². The molecule has 0 radical (unpaired) electrons. The fourth-order valence-electron chi connectivity index (χ4n) is 1.46. The molecule has 7 heteroatoms. The Balaban J connectivity index is 3.58. The van der Waals surface area contributed by atoms with Crippen LogP contribution in [0.3, 0.4) is 0 Å². The Morgan fingerprint density at radius 2 is 2.18 bits per heavy atom. The number of benzene rings is 1. The molecule has 0 aliphatic rings. The zero-order chi connectivity index (χ0) is 13.2. The maximum absolute atomic E-state index is 10.7. The van der Waals surface area contributed by atoms with Crippen LogP contribution in [-0.4, -0.2) is 21.1 Å². The lowest BCUT2D eigenvalue weighted by Gasteiger charge is -2.11. The van der Waals surface area contributed by atoms with Crippen LogP contribution in [0.1, 0.15) is 22.8 Å². The number of nitro groups is 1. The van der Waals surface area contributed by atoms with Crippen molar-refractivity contribution in [2.75, 3.05) is 0 Å². The maximum atomic E-state index is 10.7. The first-order chi connectivity index (χ1) is 7.90. The van der Waals surface area contributed by atoms with Crippen LogP contribution in [0.2, 0.25) is 0 Å². The Hall–Kier alpha value is -2.46. The van der Waals surface area contributed by atoms with Crippen LogP contribution in [0, 0.1) is 28.4 Å². The maximum Gasteiger partial charge on any atom is 0.337 e. The van der Waals surface area contributed by atoms with Crippen LogP contribution in [0.4, 0.5) is 5.69 Å². The van der Waals surface area contributed by atoms with Crippen LogP contribution in [0.25, 0.3) is 0 Å². The molecule has 1 atom stereocenters. The number of carboxylic acid groups (broad SMARTS) is 1. The molecular weight excluding hydrogens is 228 g/mol. The van der Waals surface area contributed by atoms with Gasteiger partial charge in [-0.15, -0.1) is 0 Å². The summed E-state index contributed by atoms with van der Waals surface area (Å²) in [7, 11) is 0. The highest BCUT2D eigenvalue weighted by Crippen LogP contribution is 2.29. The monoisotopic (exact) mass is 236 g/mol. The predicted molar refractivity (Wildman–Crippen MR) is 55.1 cm³/mol. The second-order valence-corrected chi connectivity index (χ2v) is 3.30. The van der Waals surface area contributed by atoms with Gasteiger partial charge in [0, 0.05) is 11.6 Å². The molecule has 0 heterocycles. The molecule has 0 aliphatic carbocycles. The number of nitrogens with zero attached hydrogens (tertiary/aromatic N) is 2. The van der Waals surface area contributed by atoms with Gasteiger partial charge in [-0.25, -0.2) is 4.79 Å². The van der Waals surface area contributed by atoms with E-state index in [2.05, 4.69) is 0 Å². The van der Waals surface area contributed by atoms with E-state index in [0.717, 1.165) is 6.07 Å². The van der Waals surface area contributed by atoms with Crippen LogP contribution in [-0.2, 0) is 4.79 Å². The van der Waals surface area contributed by atoms with Gasteiger partial charge in [-0.05, 0) is 12.5 Å². The van der Waals surface area contributed by atoms with Gasteiger partial charge in [0.15, 0.2) is 6.10 Å². The number of aryl methyl sites for hydroxylation is 1. The zero-order valence-electron chi connectivity index (χ0n) is 8.75. The van der Waals surface area contributed by atoms with Gasteiger partial charge in [-0.2, -0.15) is 5.26 Å². The van der Waals surface area contributed by atoms with E-state index in [-0.39, 0.29) is 5.56 Å². The lowest BCUT2D eigenvalue weighted by atomic mass is 9.96. The summed E-state index contributed by atoms with van der Waals surface area (Å²) in [5, 5.41) is 37.6. The van der Waals surface area contributed by atoms with Gasteiger partial charge in [0.25, 0.3) is 5.69 Å². The number of nitriles is 1. The predicted octanol–water partition coefficient (Wildman–Crippen LogP) is 0.893. The fourth-order valence-corrected chi connectivity index (χ4v) is 1.46. The second-order valence-electron chi connectivity index (χ2n) is 3.30. The number of hydrogen-bond donors (Lipinski definition) is 2. The summed E-state index contributed by atoms with van der Waals surface area (Å²) in [4.78, 5) is 20.5. The molecule has 0 amide bonds. The van der Waals surface area contributed by atoms with Crippen LogP contribution in [0.15, 0.2) is 12.1 Å². The van der Waals surface area contributed by atoms with E-state index in [4.69, 9.17) is 10.4 Å². The molecule has 1 aromatic rings. The fraction of sp³-hybridized carbons (Fsp3) is 0.200. The van der Waals surface area contributed by atoms with Crippen molar-refractivity contribution in [3.8, 4) is 6.07 Å². The van der Waals surface area contributed by atoms with E-state index >= 15 is 0 Å². The van der Waals surface area contributed by atoms with E-state index < -0.39 is 28.2 Å². The van der Waals surface area contributed by atoms with Gasteiger partial charge in [0.05, 0.1) is 4.92 Å². The molecule has 0 saturated carbocycles. The van der Waals surface area contributed by atoms with Crippen molar-refractivity contribution in [1.82, 2.24) is 0 Å². The molecule has 2 N–H and O–H groups in total. The van der Waals surface area contributed by atoms with Crippen LogP contribution in [0.5, 0.6) is 0 Å². The third-order valence-electron chi connectivity index (χ3n) is 2.26. The van der Waals surface area contributed by atoms with Gasteiger partial charge in [0.2, 0.25) is 0 Å². The quantitative estimate of drug-likeness (QED) is 0.593. The van der Waals surface area contributed by atoms with E-state index in [1.165, 1.54) is 13.0 Å². The summed E-state index contributed by atoms with van der Waals surface area (Å²) in [6.07, 6.45) is -1.95. The minimum atomic E-state index is -1.95. The molecule has 17 heavy (non-hydrogen) atoms. The molecule has 88 valence electrons. The molecule has 1 rings (SSSR count). The molecule has 0 bridgehead atoms. The molecule has 0 spiro atoms. The topological polar surface area (TPSA) is 124 Å². The van der Waals surface area contributed by atoms with E-state index in [9.17, 15) is 20.0 Å². The van der Waals surface area contributed by atoms with E-state index in [1.54, 1.807) is 6.07 Å². The SMILES string of the molecule is Cc1ccc([N+](=O)[O-])c(C#N)c1C(O)C(=O)O. The third kappa shape index (κ3) is 2.21. The number of nitro benzene ring substituents is 1. The van der Waals surface area contributed by atoms with Crippen LogP contribution < -0.4 is 0 Å². The molecule has 0 saturated heterocycles. The normalized spacial score (nSPS) is 11.6. The first kappa shape index (κ1) is 12.6. The summed E-state index contributed by atoms with van der Waals surface area (Å²) in [5.41, 5.74) is -0.880. The minimum absolute atomic E-state index is 0.241. The summed E-state index contributed by atoms with van der Waals surface area (Å²) in [6, 6.07) is 3.95. The Morgan fingerprint density at radius 1 is 1.59 bits per heavy atom. The average molecular weight is 236 g/mol. The van der Waals surface area contributed by atoms with Crippen molar-refractivity contribution in [3.63, 3.8) is 0 Å². The number of carboxylic acids is 1. The standard InChI is InChI=1S/C10H8N2O5/c1-5-2-3-7(12(16)17)6(4-11)8(5)9(13)10(14)15/h2-3,9,13H,1H3,(H,14,15). The molecule has 1 aromatic carbocycles. The number of aliphatic carboxylic acids is 1. The number of rotatable bonds is 3. The molecule has 0 fully saturated rings. The molecular formula is C10H8N2O5. The van der Waals surface area contributed by atoms with E-state index in [0.29, 0.717) is 5.56 Å². The highest BCUT2D eigenvalue weighted by molar-refractivity contribution is 5.77. The summed E-state index contributed by atoms with van der Waals surface area (Å²) >= 11 is 0. The van der Waals surface area contributed by atoms with Crippen molar-refractivity contribution >= 4 is 11.7 Å². The Bertz CT molecular complexity index is 532. The number of hydrogen-bond acceptors (Lipinski definition) is 5. The van der Waals surface area contributed by atoms with Gasteiger partial charge in [-0.3, -0.25) is 10.1 Å². The highest BCUT2D eigenvalue weighted by Gasteiger charge is 2.27. The smallest absolute Gasteiger partial charge is 0.337 e. The second kappa shape index (κ2) is 4.59. The van der Waals surface area contributed by atoms with Crippen molar-refractivity contribution in [2.45, 2.75) is 13.0 Å². The highest BCUT2D eigenvalue weighted by atomic mass is 16.6. The molecule has 0 aliphatic heterocycles. The molecule has 1 unspecified atom stereocenters. The van der Waals surface area contributed by atoms with Gasteiger partial charge in [0.1, 0.15) is 11.6 Å². The molecule has 0 aromatic heterocycles. The molecule has 7 nitrogen and oxygen atoms in total. The van der Waals surface area contributed by atoms with Gasteiger partial charge in [-0.1, -0.05) is 6.07 Å². The zero-order valence-corrected chi connectivity index (χ0v) is 8.75. The summed E-state index contributed by atoms with van der Waals surface area (Å²) in [5.74, 6) is -1.56. The lowest BCUT2D eigenvalue weighted by Crippen LogP contribution is -2.14. The summed E-state index contributed by atoms with van der Waals surface area (Å²) < 4.78 is 0. The summed E-state index contributed by atoms with van der Waals surface area (Å²) in [6.45, 7) is 1.46. The lowest BCUT2D eigenvalue weighted by molar-refractivity contribution is -0.385. The van der Waals surface area contributed by atoms with Crippen molar-refractivity contribution in [2.24, 2.45) is 0 Å². The third-order valence-corrected chi connectivity index (χ3v) is 2.26. The van der Waals surface area contributed by atoms with Gasteiger partial charge < -0.3 is 10.2 Å².